The lowest BCUT2D eigenvalue weighted by molar-refractivity contribution is 0.0770. The molecule has 0 radical (unpaired) electrons. The molecule has 6 heteroatoms. The fourth-order valence-corrected chi connectivity index (χ4v) is 3.68. The first kappa shape index (κ1) is 16.7. The third-order valence-corrected chi connectivity index (χ3v) is 5.10. The van der Waals surface area contributed by atoms with Gasteiger partial charge in [0, 0.05) is 6.42 Å². The molecule has 0 aliphatic carbocycles. The van der Waals surface area contributed by atoms with Crippen LogP contribution in [0.25, 0.3) is 0 Å². The molecule has 0 fully saturated rings. The van der Waals surface area contributed by atoms with Crippen LogP contribution in [0.1, 0.15) is 59.3 Å². The van der Waals surface area contributed by atoms with Crippen molar-refractivity contribution in [1.82, 2.24) is 0 Å². The number of nitrogens with zero attached hydrogens (tertiary/aromatic N) is 1. The lowest BCUT2D eigenvalue weighted by Crippen LogP contribution is -2.10. The standard InChI is InChI=1S/C13H26NO4P/c1-4-7-8-9-10-12-11-13(14-18-12)19(15,16-5-2)17-6-3/h12H,4-11H2,1-3H3. The van der Waals surface area contributed by atoms with Crippen LogP contribution in [0.3, 0.4) is 0 Å². The highest BCUT2D eigenvalue weighted by molar-refractivity contribution is 7.72. The molecule has 112 valence electrons. The van der Waals surface area contributed by atoms with Crippen LogP contribution < -0.4 is 0 Å². The van der Waals surface area contributed by atoms with Gasteiger partial charge >= 0.3 is 7.60 Å². The molecule has 0 spiro atoms. The van der Waals surface area contributed by atoms with E-state index in [0.717, 1.165) is 12.8 Å². The zero-order valence-electron chi connectivity index (χ0n) is 12.3. The SMILES string of the molecule is CCCCCCC1CC(P(=O)(OCC)OCC)=NO1. The molecule has 5 nitrogen and oxygen atoms in total. The first-order chi connectivity index (χ1) is 9.16. The Balaban J connectivity index is 2.42. The van der Waals surface area contributed by atoms with Crippen molar-refractivity contribution in [2.75, 3.05) is 13.2 Å². The number of unbranched alkanes of at least 4 members (excludes halogenated alkanes) is 3. The summed E-state index contributed by atoms with van der Waals surface area (Å²) in [7, 11) is -3.22. The molecule has 0 aromatic carbocycles. The van der Waals surface area contributed by atoms with E-state index in [1.807, 2.05) is 0 Å². The van der Waals surface area contributed by atoms with Crippen LogP contribution in [0, 0.1) is 0 Å². The maximum Gasteiger partial charge on any atom is 0.378 e. The second-order valence-corrected chi connectivity index (χ2v) is 6.65. The minimum atomic E-state index is -3.22. The van der Waals surface area contributed by atoms with Gasteiger partial charge in [0.2, 0.25) is 0 Å². The molecule has 19 heavy (non-hydrogen) atoms. The van der Waals surface area contributed by atoms with E-state index in [1.54, 1.807) is 13.8 Å². The van der Waals surface area contributed by atoms with Gasteiger partial charge in [0.25, 0.3) is 0 Å². The number of hydrogen-bond acceptors (Lipinski definition) is 5. The maximum absolute atomic E-state index is 12.5. The topological polar surface area (TPSA) is 57.1 Å². The summed E-state index contributed by atoms with van der Waals surface area (Å²) in [6, 6.07) is 0. The van der Waals surface area contributed by atoms with Gasteiger partial charge in [-0.2, -0.15) is 0 Å². The number of rotatable bonds is 10. The average Bonchev–Trinajstić information content (AvgIpc) is 2.85. The zero-order valence-corrected chi connectivity index (χ0v) is 13.2. The van der Waals surface area contributed by atoms with Crippen LogP contribution in [0.4, 0.5) is 0 Å². The van der Waals surface area contributed by atoms with Crippen LogP contribution >= 0.6 is 7.60 Å². The summed E-state index contributed by atoms with van der Waals surface area (Å²) in [5, 5.41) is 3.93. The molecule has 1 unspecified atom stereocenters. The predicted molar refractivity (Wildman–Crippen MR) is 76.5 cm³/mol. The molecular weight excluding hydrogens is 265 g/mol. The second-order valence-electron chi connectivity index (χ2n) is 4.62. The van der Waals surface area contributed by atoms with Gasteiger partial charge in [-0.1, -0.05) is 31.3 Å². The fraction of sp³-hybridized carbons (Fsp3) is 0.923. The van der Waals surface area contributed by atoms with Gasteiger partial charge in [0.15, 0.2) is 5.45 Å². The van der Waals surface area contributed by atoms with Crippen molar-refractivity contribution in [3.63, 3.8) is 0 Å². The third kappa shape index (κ3) is 5.25. The Morgan fingerprint density at radius 1 is 1.21 bits per heavy atom. The van der Waals surface area contributed by atoms with Gasteiger partial charge in [0.05, 0.1) is 13.2 Å². The number of oxime groups is 1. The van der Waals surface area contributed by atoms with E-state index >= 15 is 0 Å². The van der Waals surface area contributed by atoms with E-state index < -0.39 is 7.60 Å². The first-order valence-corrected chi connectivity index (χ1v) is 8.82. The summed E-state index contributed by atoms with van der Waals surface area (Å²) in [5.74, 6) is 0. The van der Waals surface area contributed by atoms with Crippen molar-refractivity contribution >= 4 is 13.0 Å². The third-order valence-electron chi connectivity index (χ3n) is 3.01. The van der Waals surface area contributed by atoms with Crippen LogP contribution in [0.15, 0.2) is 5.16 Å². The van der Waals surface area contributed by atoms with Crippen molar-refractivity contribution in [3.8, 4) is 0 Å². The van der Waals surface area contributed by atoms with Gasteiger partial charge in [0.1, 0.15) is 6.10 Å². The zero-order chi connectivity index (χ0) is 14.1. The summed E-state index contributed by atoms with van der Waals surface area (Å²) in [5.41, 5.74) is 0.441. The average molecular weight is 291 g/mol. The summed E-state index contributed by atoms with van der Waals surface area (Å²) in [6.07, 6.45) is 6.33. The molecule has 0 bridgehead atoms. The van der Waals surface area contributed by atoms with E-state index in [2.05, 4.69) is 12.1 Å². The van der Waals surface area contributed by atoms with Crippen LogP contribution in [0.5, 0.6) is 0 Å². The van der Waals surface area contributed by atoms with E-state index in [9.17, 15) is 4.57 Å². The van der Waals surface area contributed by atoms with E-state index in [4.69, 9.17) is 13.9 Å². The van der Waals surface area contributed by atoms with Gasteiger partial charge in [-0.15, -0.1) is 0 Å². The minimum absolute atomic E-state index is 0.0288. The Labute approximate surface area is 116 Å². The molecule has 0 N–H and O–H groups in total. The van der Waals surface area contributed by atoms with E-state index in [-0.39, 0.29) is 6.10 Å². The maximum atomic E-state index is 12.5. The van der Waals surface area contributed by atoms with Crippen molar-refractivity contribution < 1.29 is 18.5 Å². The first-order valence-electron chi connectivity index (χ1n) is 7.28. The number of hydrogen-bond donors (Lipinski definition) is 0. The monoisotopic (exact) mass is 291 g/mol. The highest BCUT2D eigenvalue weighted by Crippen LogP contribution is 2.52. The Morgan fingerprint density at radius 2 is 1.89 bits per heavy atom. The van der Waals surface area contributed by atoms with Crippen molar-refractivity contribution in [2.24, 2.45) is 5.16 Å². The van der Waals surface area contributed by atoms with Gasteiger partial charge in [-0.05, 0) is 26.7 Å². The molecule has 0 saturated heterocycles. The van der Waals surface area contributed by atoms with Gasteiger partial charge < -0.3 is 13.9 Å². The predicted octanol–water partition coefficient (Wildman–Crippen LogP) is 4.33. The molecule has 0 amide bonds. The molecule has 0 saturated carbocycles. The summed E-state index contributed by atoms with van der Waals surface area (Å²) in [6.45, 7) is 6.47. The quantitative estimate of drug-likeness (QED) is 0.444. The Kier molecular flexibility index (Phi) is 7.66. The Morgan fingerprint density at radius 3 is 2.47 bits per heavy atom. The van der Waals surface area contributed by atoms with Crippen molar-refractivity contribution in [1.29, 1.82) is 0 Å². The molecular formula is C13H26NO4P. The summed E-state index contributed by atoms with van der Waals surface area (Å²) in [4.78, 5) is 5.34. The van der Waals surface area contributed by atoms with E-state index in [0.29, 0.717) is 25.1 Å². The minimum Gasteiger partial charge on any atom is -0.392 e. The van der Waals surface area contributed by atoms with Crippen LogP contribution in [0.2, 0.25) is 0 Å². The highest BCUT2D eigenvalue weighted by atomic mass is 31.2. The molecule has 0 aromatic heterocycles. The van der Waals surface area contributed by atoms with Crippen molar-refractivity contribution in [3.05, 3.63) is 0 Å². The van der Waals surface area contributed by atoms with Gasteiger partial charge in [-0.25, -0.2) is 0 Å². The molecule has 1 rings (SSSR count). The fourth-order valence-electron chi connectivity index (χ4n) is 2.06. The molecule has 1 atom stereocenters. The van der Waals surface area contributed by atoms with Crippen molar-refractivity contribution in [2.45, 2.75) is 65.4 Å². The molecule has 1 heterocycles. The highest BCUT2D eigenvalue weighted by Gasteiger charge is 2.37. The van der Waals surface area contributed by atoms with Crippen LogP contribution in [-0.4, -0.2) is 24.8 Å². The van der Waals surface area contributed by atoms with Gasteiger partial charge in [-0.3, -0.25) is 4.57 Å². The lowest BCUT2D eigenvalue weighted by Gasteiger charge is -2.15. The second kappa shape index (κ2) is 8.72. The summed E-state index contributed by atoms with van der Waals surface area (Å²) < 4.78 is 23.0. The molecule has 1 aliphatic heterocycles. The van der Waals surface area contributed by atoms with E-state index in [1.165, 1.54) is 19.3 Å². The Bertz CT molecular complexity index is 323. The van der Waals surface area contributed by atoms with Crippen LogP contribution in [-0.2, 0) is 18.5 Å². The normalized spacial score (nSPS) is 19.3. The lowest BCUT2D eigenvalue weighted by atomic mass is 10.1. The molecule has 0 aromatic rings. The Hall–Kier alpha value is -0.380. The molecule has 1 aliphatic rings. The smallest absolute Gasteiger partial charge is 0.378 e. The largest absolute Gasteiger partial charge is 0.392 e. The summed E-state index contributed by atoms with van der Waals surface area (Å²) >= 11 is 0.